The largest absolute Gasteiger partial charge is 0.513 e. The third-order valence-electron chi connectivity index (χ3n) is 5.74. The van der Waals surface area contributed by atoms with Crippen LogP contribution in [0.1, 0.15) is 54.0 Å². The lowest BCUT2D eigenvalue weighted by atomic mass is 9.94. The minimum atomic E-state index is -0.535. The number of ether oxygens (including phenoxy) is 1. The summed E-state index contributed by atoms with van der Waals surface area (Å²) in [6, 6.07) is 8.03. The van der Waals surface area contributed by atoms with Crippen molar-refractivity contribution < 1.29 is 18.6 Å². The number of halogens is 2. The summed E-state index contributed by atoms with van der Waals surface area (Å²) in [5, 5.41) is 9.03. The first-order chi connectivity index (χ1) is 14.2. The average Bonchev–Trinajstić information content (AvgIpc) is 2.72. The van der Waals surface area contributed by atoms with Crippen molar-refractivity contribution in [3.8, 4) is 0 Å². The van der Waals surface area contributed by atoms with E-state index in [2.05, 4.69) is 39.5 Å². The van der Waals surface area contributed by atoms with Crippen molar-refractivity contribution in [2.24, 2.45) is 0 Å². The van der Waals surface area contributed by atoms with E-state index in [9.17, 15) is 8.78 Å². The summed E-state index contributed by atoms with van der Waals surface area (Å²) in [5.41, 5.74) is 7.93. The number of rotatable bonds is 5. The standard InChI is InChI=1S/C13H14F2O.C13H18O/c1-2-9-8-16-6-5-11(9)12-4-3-10(14)7-13(12)15;1-9-5-7-13(8-6-10(2)14)12(4)11(9)3/h3-4,7H,2,5-6,8H2,1H3;5,7,14H,2,6,8H2,1,3-4H3. The van der Waals surface area contributed by atoms with Gasteiger partial charge in [-0.3, -0.25) is 0 Å². The van der Waals surface area contributed by atoms with Gasteiger partial charge < -0.3 is 9.84 Å². The van der Waals surface area contributed by atoms with Crippen LogP contribution in [0, 0.1) is 32.4 Å². The van der Waals surface area contributed by atoms with Gasteiger partial charge in [0.2, 0.25) is 0 Å². The Balaban J connectivity index is 0.000000216. The molecule has 3 rings (SSSR count). The van der Waals surface area contributed by atoms with Crippen LogP contribution in [-0.2, 0) is 11.2 Å². The Morgan fingerprint density at radius 2 is 1.83 bits per heavy atom. The Kier molecular flexibility index (Phi) is 8.79. The molecule has 2 aromatic rings. The van der Waals surface area contributed by atoms with Gasteiger partial charge in [0.05, 0.1) is 19.0 Å². The summed E-state index contributed by atoms with van der Waals surface area (Å²) in [4.78, 5) is 0. The molecule has 0 aromatic heterocycles. The topological polar surface area (TPSA) is 29.5 Å². The van der Waals surface area contributed by atoms with Gasteiger partial charge in [0.15, 0.2) is 0 Å². The molecule has 2 aromatic carbocycles. The maximum absolute atomic E-state index is 13.6. The van der Waals surface area contributed by atoms with Gasteiger partial charge in [-0.05, 0) is 85.6 Å². The normalized spacial score (nSPS) is 13.7. The highest BCUT2D eigenvalue weighted by molar-refractivity contribution is 5.70. The summed E-state index contributed by atoms with van der Waals surface area (Å²) in [6.07, 6.45) is 3.07. The van der Waals surface area contributed by atoms with Gasteiger partial charge >= 0.3 is 0 Å². The molecule has 162 valence electrons. The summed E-state index contributed by atoms with van der Waals surface area (Å²) < 4.78 is 31.8. The maximum Gasteiger partial charge on any atom is 0.133 e. The van der Waals surface area contributed by atoms with E-state index in [0.717, 1.165) is 30.1 Å². The SMILES string of the molecule is C=C(O)CCc1ccc(C)c(C)c1C.CCC1=C(c2ccc(F)cc2F)CCOC1. The van der Waals surface area contributed by atoms with Crippen LogP contribution in [-0.4, -0.2) is 18.3 Å². The highest BCUT2D eigenvalue weighted by atomic mass is 19.1. The highest BCUT2D eigenvalue weighted by Crippen LogP contribution is 2.29. The van der Waals surface area contributed by atoms with E-state index < -0.39 is 11.6 Å². The summed E-state index contributed by atoms with van der Waals surface area (Å²) in [5.74, 6) is -0.752. The fourth-order valence-electron chi connectivity index (χ4n) is 3.57. The predicted octanol–water partition coefficient (Wildman–Crippen LogP) is 7.16. The minimum Gasteiger partial charge on any atom is -0.513 e. The molecule has 0 radical (unpaired) electrons. The van der Waals surface area contributed by atoms with Crippen molar-refractivity contribution in [2.45, 2.75) is 53.4 Å². The number of aliphatic hydroxyl groups excluding tert-OH is 1. The van der Waals surface area contributed by atoms with Gasteiger partial charge in [0, 0.05) is 18.1 Å². The Morgan fingerprint density at radius 1 is 1.10 bits per heavy atom. The molecule has 0 saturated carbocycles. The Hall–Kier alpha value is -2.46. The van der Waals surface area contributed by atoms with Crippen molar-refractivity contribution in [2.75, 3.05) is 13.2 Å². The number of aryl methyl sites for hydroxylation is 2. The molecule has 0 bridgehead atoms. The second kappa shape index (κ2) is 11.1. The Labute approximate surface area is 178 Å². The van der Waals surface area contributed by atoms with E-state index in [1.54, 1.807) is 0 Å². The molecule has 2 nitrogen and oxygen atoms in total. The van der Waals surface area contributed by atoms with Crippen molar-refractivity contribution in [1.82, 2.24) is 0 Å². The van der Waals surface area contributed by atoms with Crippen LogP contribution in [0.2, 0.25) is 0 Å². The summed E-state index contributed by atoms with van der Waals surface area (Å²) >= 11 is 0. The molecule has 0 spiro atoms. The third kappa shape index (κ3) is 6.27. The van der Waals surface area contributed by atoms with Crippen LogP contribution in [0.5, 0.6) is 0 Å². The van der Waals surface area contributed by atoms with Crippen LogP contribution in [0.15, 0.2) is 48.2 Å². The van der Waals surface area contributed by atoms with Crippen molar-refractivity contribution in [3.05, 3.63) is 87.7 Å². The first-order valence-corrected chi connectivity index (χ1v) is 10.4. The second-order valence-corrected chi connectivity index (χ2v) is 7.72. The van der Waals surface area contributed by atoms with Crippen molar-refractivity contribution in [3.63, 3.8) is 0 Å². The number of hydrogen-bond acceptors (Lipinski definition) is 2. The van der Waals surface area contributed by atoms with Crippen LogP contribution < -0.4 is 0 Å². The molecule has 0 saturated heterocycles. The molecule has 0 unspecified atom stereocenters. The molecular formula is C26H32F2O2. The summed E-state index contributed by atoms with van der Waals surface area (Å²) in [6.45, 7) is 13.1. The second-order valence-electron chi connectivity index (χ2n) is 7.72. The fourth-order valence-corrected chi connectivity index (χ4v) is 3.57. The minimum absolute atomic E-state index is 0.266. The van der Waals surface area contributed by atoms with E-state index in [1.807, 2.05) is 6.92 Å². The molecule has 4 heteroatoms. The number of hydrogen-bond donors (Lipinski definition) is 1. The molecule has 0 aliphatic carbocycles. The number of benzene rings is 2. The van der Waals surface area contributed by atoms with E-state index in [0.29, 0.717) is 31.6 Å². The van der Waals surface area contributed by atoms with Crippen molar-refractivity contribution >= 4 is 5.57 Å². The predicted molar refractivity (Wildman–Crippen MR) is 120 cm³/mol. The van der Waals surface area contributed by atoms with Gasteiger partial charge in [0.1, 0.15) is 11.6 Å². The smallest absolute Gasteiger partial charge is 0.133 e. The molecule has 1 aliphatic heterocycles. The van der Waals surface area contributed by atoms with Crippen molar-refractivity contribution in [1.29, 1.82) is 0 Å². The average molecular weight is 415 g/mol. The number of allylic oxidation sites excluding steroid dienone is 1. The lowest BCUT2D eigenvalue weighted by Gasteiger charge is -2.20. The van der Waals surface area contributed by atoms with Gasteiger partial charge in [-0.1, -0.05) is 25.6 Å². The van der Waals surface area contributed by atoms with Gasteiger partial charge in [-0.25, -0.2) is 8.78 Å². The fraction of sp³-hybridized carbons (Fsp3) is 0.385. The molecule has 0 atom stereocenters. The Morgan fingerprint density at radius 3 is 2.47 bits per heavy atom. The van der Waals surface area contributed by atoms with Crippen LogP contribution >= 0.6 is 0 Å². The third-order valence-corrected chi connectivity index (χ3v) is 5.74. The summed E-state index contributed by atoms with van der Waals surface area (Å²) in [7, 11) is 0. The number of aliphatic hydroxyl groups is 1. The van der Waals surface area contributed by atoms with Crippen LogP contribution in [0.3, 0.4) is 0 Å². The maximum atomic E-state index is 13.6. The Bertz CT molecular complexity index is 929. The van der Waals surface area contributed by atoms with Crippen LogP contribution in [0.25, 0.3) is 5.57 Å². The first-order valence-electron chi connectivity index (χ1n) is 10.4. The van der Waals surface area contributed by atoms with E-state index >= 15 is 0 Å². The molecule has 0 amide bonds. The van der Waals surface area contributed by atoms with Gasteiger partial charge in [-0.15, -0.1) is 0 Å². The molecule has 30 heavy (non-hydrogen) atoms. The lowest BCUT2D eigenvalue weighted by Crippen LogP contribution is -2.11. The quantitative estimate of drug-likeness (QED) is 0.526. The van der Waals surface area contributed by atoms with E-state index in [1.165, 1.54) is 34.4 Å². The zero-order valence-electron chi connectivity index (χ0n) is 18.4. The zero-order chi connectivity index (χ0) is 22.3. The van der Waals surface area contributed by atoms with Gasteiger partial charge in [0.25, 0.3) is 0 Å². The molecule has 0 fully saturated rings. The molecule has 1 N–H and O–H groups in total. The van der Waals surface area contributed by atoms with E-state index in [4.69, 9.17) is 9.84 Å². The zero-order valence-corrected chi connectivity index (χ0v) is 18.4. The highest BCUT2D eigenvalue weighted by Gasteiger charge is 2.16. The van der Waals surface area contributed by atoms with Crippen LogP contribution in [0.4, 0.5) is 8.78 Å². The lowest BCUT2D eigenvalue weighted by molar-refractivity contribution is 0.152. The molecule has 1 aliphatic rings. The monoisotopic (exact) mass is 414 g/mol. The molecular weight excluding hydrogens is 382 g/mol. The molecule has 1 heterocycles. The van der Waals surface area contributed by atoms with E-state index in [-0.39, 0.29) is 5.76 Å². The van der Waals surface area contributed by atoms with Gasteiger partial charge in [-0.2, -0.15) is 0 Å². The first kappa shape index (κ1) is 23.8.